The molecule has 0 radical (unpaired) electrons. The standard InChI is InChI=1S/C27H42N2O/c1-7-8-11-26(30)21-28(18-16-22(2)3)20-25-10-9-17-29(25)19-23-12-14-24(15-13-23)27(4,5)6/h7,9-10,12-15,17,22,26,30H,1,8,11,16,18-21H2,2-6H3/p+1/t26-/m0/s1. The first-order chi connectivity index (χ1) is 14.2. The van der Waals surface area contributed by atoms with Crippen LogP contribution in [0.4, 0.5) is 0 Å². The number of rotatable bonds is 12. The molecule has 0 saturated heterocycles. The van der Waals surface area contributed by atoms with Crippen molar-refractivity contribution in [2.75, 3.05) is 13.1 Å². The lowest BCUT2D eigenvalue weighted by molar-refractivity contribution is -0.917. The molecular formula is C27H43N2O+. The van der Waals surface area contributed by atoms with E-state index in [1.807, 2.05) is 6.08 Å². The van der Waals surface area contributed by atoms with E-state index in [4.69, 9.17) is 0 Å². The number of nitrogens with zero attached hydrogens (tertiary/aromatic N) is 1. The van der Waals surface area contributed by atoms with Crippen LogP contribution in [0.15, 0.2) is 55.3 Å². The molecule has 0 aliphatic heterocycles. The van der Waals surface area contributed by atoms with Crippen LogP contribution in [-0.4, -0.2) is 28.9 Å². The van der Waals surface area contributed by atoms with Gasteiger partial charge >= 0.3 is 0 Å². The van der Waals surface area contributed by atoms with Gasteiger partial charge in [-0.2, -0.15) is 0 Å². The predicted octanol–water partition coefficient (Wildman–Crippen LogP) is 4.59. The highest BCUT2D eigenvalue weighted by atomic mass is 16.3. The average Bonchev–Trinajstić information content (AvgIpc) is 3.10. The Morgan fingerprint density at radius 1 is 1.10 bits per heavy atom. The van der Waals surface area contributed by atoms with Gasteiger partial charge in [-0.1, -0.05) is 65.0 Å². The topological polar surface area (TPSA) is 29.6 Å². The molecule has 3 heteroatoms. The fraction of sp³-hybridized carbons (Fsp3) is 0.556. The zero-order valence-corrected chi connectivity index (χ0v) is 19.8. The minimum atomic E-state index is -0.265. The maximum Gasteiger partial charge on any atom is 0.118 e. The van der Waals surface area contributed by atoms with Crippen LogP contribution >= 0.6 is 0 Å². The van der Waals surface area contributed by atoms with Crippen LogP contribution < -0.4 is 4.90 Å². The average molecular weight is 412 g/mol. The van der Waals surface area contributed by atoms with Gasteiger partial charge < -0.3 is 14.6 Å². The van der Waals surface area contributed by atoms with Gasteiger partial charge in [-0.25, -0.2) is 0 Å². The molecule has 166 valence electrons. The van der Waals surface area contributed by atoms with Crippen LogP contribution in [-0.2, 0) is 18.5 Å². The van der Waals surface area contributed by atoms with Gasteiger partial charge in [0.1, 0.15) is 19.2 Å². The number of aliphatic hydroxyl groups excluding tert-OH is 1. The molecule has 2 rings (SSSR count). The van der Waals surface area contributed by atoms with Gasteiger partial charge in [-0.3, -0.25) is 0 Å². The van der Waals surface area contributed by atoms with E-state index in [-0.39, 0.29) is 11.5 Å². The highest BCUT2D eigenvalue weighted by molar-refractivity contribution is 5.28. The van der Waals surface area contributed by atoms with Crippen LogP contribution in [0.2, 0.25) is 0 Å². The zero-order valence-electron chi connectivity index (χ0n) is 19.8. The highest BCUT2D eigenvalue weighted by Crippen LogP contribution is 2.22. The quantitative estimate of drug-likeness (QED) is 0.492. The number of hydrogen-bond acceptors (Lipinski definition) is 1. The number of nitrogens with one attached hydrogen (secondary N) is 1. The summed E-state index contributed by atoms with van der Waals surface area (Å²) >= 11 is 0. The van der Waals surface area contributed by atoms with Crippen LogP contribution in [0.3, 0.4) is 0 Å². The van der Waals surface area contributed by atoms with E-state index in [0.717, 1.165) is 39.0 Å². The lowest BCUT2D eigenvalue weighted by atomic mass is 9.87. The Labute approximate surface area is 184 Å². The first-order valence-corrected chi connectivity index (χ1v) is 11.5. The Kier molecular flexibility index (Phi) is 9.38. The molecule has 0 fully saturated rings. The zero-order chi connectivity index (χ0) is 22.1. The second kappa shape index (κ2) is 11.5. The number of aromatic nitrogens is 1. The molecule has 0 saturated carbocycles. The maximum absolute atomic E-state index is 10.5. The molecule has 1 aromatic heterocycles. The Bertz CT molecular complexity index is 752. The van der Waals surface area contributed by atoms with Crippen molar-refractivity contribution < 1.29 is 10.0 Å². The van der Waals surface area contributed by atoms with Crippen LogP contribution in [0.5, 0.6) is 0 Å². The number of allylic oxidation sites excluding steroid dienone is 1. The Morgan fingerprint density at radius 3 is 2.40 bits per heavy atom. The Hall–Kier alpha value is -1.84. The SMILES string of the molecule is C=CCC[C@H](O)C[NH+](CCC(C)C)Cc1cccn1Cc1ccc(C(C)(C)C)cc1. The summed E-state index contributed by atoms with van der Waals surface area (Å²) in [6.45, 7) is 18.8. The summed E-state index contributed by atoms with van der Waals surface area (Å²) in [5, 5.41) is 10.5. The van der Waals surface area contributed by atoms with Gasteiger partial charge in [0.05, 0.1) is 12.2 Å². The molecule has 0 amide bonds. The summed E-state index contributed by atoms with van der Waals surface area (Å²) in [6.07, 6.45) is 6.67. The van der Waals surface area contributed by atoms with Crippen molar-refractivity contribution in [1.82, 2.24) is 4.57 Å². The summed E-state index contributed by atoms with van der Waals surface area (Å²) in [4.78, 5) is 1.46. The molecule has 0 spiro atoms. The van der Waals surface area contributed by atoms with Crippen molar-refractivity contribution in [3.63, 3.8) is 0 Å². The maximum atomic E-state index is 10.5. The van der Waals surface area contributed by atoms with E-state index >= 15 is 0 Å². The number of benzene rings is 1. The van der Waals surface area contributed by atoms with Crippen molar-refractivity contribution in [3.05, 3.63) is 72.1 Å². The molecule has 2 atom stereocenters. The second-order valence-electron chi connectivity index (χ2n) is 10.2. The van der Waals surface area contributed by atoms with Crippen LogP contribution in [0.25, 0.3) is 0 Å². The molecule has 2 N–H and O–H groups in total. The van der Waals surface area contributed by atoms with Crippen molar-refractivity contribution in [2.24, 2.45) is 5.92 Å². The van der Waals surface area contributed by atoms with Gasteiger partial charge in [0, 0.05) is 12.7 Å². The molecule has 30 heavy (non-hydrogen) atoms. The van der Waals surface area contributed by atoms with Crippen molar-refractivity contribution in [1.29, 1.82) is 0 Å². The van der Waals surface area contributed by atoms with Crippen molar-refractivity contribution in [2.45, 2.75) is 78.5 Å². The summed E-state index contributed by atoms with van der Waals surface area (Å²) in [5.41, 5.74) is 4.22. The van der Waals surface area contributed by atoms with E-state index in [2.05, 4.69) is 88.4 Å². The van der Waals surface area contributed by atoms with Gasteiger partial charge in [-0.05, 0) is 53.9 Å². The summed E-state index contributed by atoms with van der Waals surface area (Å²) < 4.78 is 2.36. The predicted molar refractivity (Wildman–Crippen MR) is 128 cm³/mol. The molecule has 2 aromatic rings. The minimum Gasteiger partial charge on any atom is -0.387 e. The molecule has 1 aromatic carbocycles. The van der Waals surface area contributed by atoms with E-state index in [1.54, 1.807) is 0 Å². The summed E-state index contributed by atoms with van der Waals surface area (Å²) in [6, 6.07) is 13.4. The molecule has 3 nitrogen and oxygen atoms in total. The lowest BCUT2D eigenvalue weighted by Gasteiger charge is -2.24. The Balaban J connectivity index is 2.06. The summed E-state index contributed by atoms with van der Waals surface area (Å²) in [5.74, 6) is 0.679. The minimum absolute atomic E-state index is 0.184. The van der Waals surface area contributed by atoms with E-state index in [0.29, 0.717) is 5.92 Å². The third-order valence-corrected chi connectivity index (χ3v) is 5.83. The Morgan fingerprint density at radius 2 is 1.80 bits per heavy atom. The van der Waals surface area contributed by atoms with Gasteiger partial charge in [0.15, 0.2) is 0 Å². The van der Waals surface area contributed by atoms with Gasteiger partial charge in [0.2, 0.25) is 0 Å². The van der Waals surface area contributed by atoms with Gasteiger partial charge in [-0.15, -0.1) is 6.58 Å². The van der Waals surface area contributed by atoms with Crippen LogP contribution in [0.1, 0.15) is 70.7 Å². The van der Waals surface area contributed by atoms with E-state index in [9.17, 15) is 5.11 Å². The fourth-order valence-corrected chi connectivity index (χ4v) is 3.83. The lowest BCUT2D eigenvalue weighted by Crippen LogP contribution is -3.12. The monoisotopic (exact) mass is 411 g/mol. The van der Waals surface area contributed by atoms with Gasteiger partial charge in [0.25, 0.3) is 0 Å². The fourth-order valence-electron chi connectivity index (χ4n) is 3.83. The number of hydrogen-bond donors (Lipinski definition) is 2. The van der Waals surface area contributed by atoms with E-state index < -0.39 is 0 Å². The molecule has 0 bridgehead atoms. The molecular weight excluding hydrogens is 368 g/mol. The smallest absolute Gasteiger partial charge is 0.118 e. The molecule has 0 aliphatic carbocycles. The highest BCUT2D eigenvalue weighted by Gasteiger charge is 2.18. The number of aliphatic hydroxyl groups is 1. The van der Waals surface area contributed by atoms with Crippen molar-refractivity contribution >= 4 is 0 Å². The van der Waals surface area contributed by atoms with E-state index in [1.165, 1.54) is 28.1 Å². The first kappa shape index (κ1) is 24.4. The third-order valence-electron chi connectivity index (χ3n) is 5.83. The summed E-state index contributed by atoms with van der Waals surface area (Å²) in [7, 11) is 0. The van der Waals surface area contributed by atoms with Crippen LogP contribution in [0, 0.1) is 5.92 Å². The molecule has 1 heterocycles. The molecule has 0 aliphatic rings. The largest absolute Gasteiger partial charge is 0.387 e. The first-order valence-electron chi connectivity index (χ1n) is 11.5. The van der Waals surface area contributed by atoms with Crippen molar-refractivity contribution in [3.8, 4) is 0 Å². The normalized spacial score (nSPS) is 14.1. The molecule has 1 unspecified atom stereocenters. The third kappa shape index (κ3) is 8.12. The number of quaternary nitrogens is 1. The second-order valence-corrected chi connectivity index (χ2v) is 10.2.